The molecule has 2 heterocycles. The zero-order valence-corrected chi connectivity index (χ0v) is 12.0. The van der Waals surface area contributed by atoms with Gasteiger partial charge in [-0.3, -0.25) is 9.78 Å². The highest BCUT2D eigenvalue weighted by atomic mass is 35.5. The van der Waals surface area contributed by atoms with E-state index in [1.165, 1.54) is 17.3 Å². The van der Waals surface area contributed by atoms with Gasteiger partial charge < -0.3 is 14.4 Å². The van der Waals surface area contributed by atoms with Crippen molar-refractivity contribution in [1.29, 1.82) is 0 Å². The van der Waals surface area contributed by atoms with Crippen molar-refractivity contribution in [2.24, 2.45) is 0 Å². The van der Waals surface area contributed by atoms with Gasteiger partial charge in [0, 0.05) is 13.6 Å². The SMILES string of the molecule is CN(Cc1ccc2c(c1)OCO2)C(=O)c1cncc(Cl)n1. The fourth-order valence-electron chi connectivity index (χ4n) is 2.03. The minimum Gasteiger partial charge on any atom is -0.454 e. The molecular weight excluding hydrogens is 294 g/mol. The Morgan fingerprint density at radius 1 is 1.33 bits per heavy atom. The fourth-order valence-corrected chi connectivity index (χ4v) is 2.17. The van der Waals surface area contributed by atoms with Crippen LogP contribution in [0.3, 0.4) is 0 Å². The van der Waals surface area contributed by atoms with E-state index >= 15 is 0 Å². The maximum absolute atomic E-state index is 12.2. The molecule has 1 aliphatic heterocycles. The van der Waals surface area contributed by atoms with Gasteiger partial charge >= 0.3 is 0 Å². The molecule has 0 spiro atoms. The molecule has 21 heavy (non-hydrogen) atoms. The maximum atomic E-state index is 12.2. The molecule has 2 aromatic rings. The van der Waals surface area contributed by atoms with E-state index in [-0.39, 0.29) is 23.5 Å². The van der Waals surface area contributed by atoms with Gasteiger partial charge in [-0.1, -0.05) is 17.7 Å². The van der Waals surface area contributed by atoms with Gasteiger partial charge in [0.1, 0.15) is 10.8 Å². The van der Waals surface area contributed by atoms with Crippen LogP contribution in [0, 0.1) is 0 Å². The summed E-state index contributed by atoms with van der Waals surface area (Å²) < 4.78 is 10.6. The van der Waals surface area contributed by atoms with E-state index in [0.717, 1.165) is 5.56 Å². The average Bonchev–Trinajstić information content (AvgIpc) is 2.94. The first-order valence-corrected chi connectivity index (χ1v) is 6.63. The smallest absolute Gasteiger partial charge is 0.274 e. The molecule has 1 amide bonds. The van der Waals surface area contributed by atoms with Gasteiger partial charge in [-0.05, 0) is 17.7 Å². The van der Waals surface area contributed by atoms with Gasteiger partial charge in [-0.2, -0.15) is 0 Å². The van der Waals surface area contributed by atoms with Gasteiger partial charge in [-0.25, -0.2) is 4.98 Å². The lowest BCUT2D eigenvalue weighted by Gasteiger charge is -2.16. The molecule has 0 unspecified atom stereocenters. The maximum Gasteiger partial charge on any atom is 0.274 e. The predicted molar refractivity (Wildman–Crippen MR) is 75.4 cm³/mol. The number of amides is 1. The molecule has 1 aromatic carbocycles. The van der Waals surface area contributed by atoms with E-state index in [0.29, 0.717) is 18.0 Å². The van der Waals surface area contributed by atoms with Crippen LogP contribution in [0.2, 0.25) is 5.15 Å². The van der Waals surface area contributed by atoms with Crippen LogP contribution in [0.1, 0.15) is 16.1 Å². The number of carbonyl (C=O) groups is 1. The molecule has 108 valence electrons. The summed E-state index contributed by atoms with van der Waals surface area (Å²) in [4.78, 5) is 21.6. The molecule has 0 aliphatic carbocycles. The van der Waals surface area contributed by atoms with Crippen LogP contribution in [0.4, 0.5) is 0 Å². The molecule has 7 heteroatoms. The van der Waals surface area contributed by atoms with Crippen molar-refractivity contribution in [2.45, 2.75) is 6.54 Å². The molecule has 0 fully saturated rings. The van der Waals surface area contributed by atoms with Crippen LogP contribution < -0.4 is 9.47 Å². The van der Waals surface area contributed by atoms with Crippen LogP contribution in [-0.2, 0) is 6.54 Å². The van der Waals surface area contributed by atoms with Crippen molar-refractivity contribution in [3.63, 3.8) is 0 Å². The Morgan fingerprint density at radius 2 is 2.14 bits per heavy atom. The highest BCUT2D eigenvalue weighted by Crippen LogP contribution is 2.32. The van der Waals surface area contributed by atoms with Crippen LogP contribution in [0.15, 0.2) is 30.6 Å². The first-order valence-electron chi connectivity index (χ1n) is 6.25. The number of rotatable bonds is 3. The van der Waals surface area contributed by atoms with Gasteiger partial charge in [0.2, 0.25) is 6.79 Å². The zero-order valence-electron chi connectivity index (χ0n) is 11.2. The highest BCUT2D eigenvalue weighted by Gasteiger charge is 2.17. The summed E-state index contributed by atoms with van der Waals surface area (Å²) in [6, 6.07) is 5.58. The Labute approximate surface area is 126 Å². The van der Waals surface area contributed by atoms with Gasteiger partial charge in [0.25, 0.3) is 5.91 Å². The van der Waals surface area contributed by atoms with Gasteiger partial charge in [0.05, 0.1) is 12.4 Å². The van der Waals surface area contributed by atoms with Crippen molar-refractivity contribution in [2.75, 3.05) is 13.8 Å². The molecular formula is C14H12ClN3O3. The highest BCUT2D eigenvalue weighted by molar-refractivity contribution is 6.29. The van der Waals surface area contributed by atoms with Crippen molar-refractivity contribution >= 4 is 17.5 Å². The average molecular weight is 306 g/mol. The van der Waals surface area contributed by atoms with Gasteiger partial charge in [0.15, 0.2) is 11.5 Å². The van der Waals surface area contributed by atoms with Crippen LogP contribution in [0.5, 0.6) is 11.5 Å². The third kappa shape index (κ3) is 2.90. The Hall–Kier alpha value is -2.34. The number of nitrogens with zero attached hydrogens (tertiary/aromatic N) is 3. The zero-order chi connectivity index (χ0) is 14.8. The molecule has 1 aliphatic rings. The summed E-state index contributed by atoms with van der Waals surface area (Å²) in [5.74, 6) is 1.16. The normalized spacial score (nSPS) is 12.3. The molecule has 1 aromatic heterocycles. The molecule has 3 rings (SSSR count). The minimum absolute atomic E-state index is 0.192. The molecule has 0 saturated carbocycles. The summed E-state index contributed by atoms with van der Waals surface area (Å²) in [6.07, 6.45) is 2.78. The lowest BCUT2D eigenvalue weighted by Crippen LogP contribution is -2.27. The van der Waals surface area contributed by atoms with E-state index in [2.05, 4.69) is 9.97 Å². The van der Waals surface area contributed by atoms with E-state index < -0.39 is 0 Å². The van der Waals surface area contributed by atoms with Crippen molar-refractivity contribution in [3.8, 4) is 11.5 Å². The number of fused-ring (bicyclic) bond motifs is 1. The number of hydrogen-bond donors (Lipinski definition) is 0. The summed E-state index contributed by atoms with van der Waals surface area (Å²) in [5.41, 5.74) is 1.15. The summed E-state index contributed by atoms with van der Waals surface area (Å²) >= 11 is 5.74. The number of ether oxygens (including phenoxy) is 2. The van der Waals surface area contributed by atoms with Crippen molar-refractivity contribution in [1.82, 2.24) is 14.9 Å². The second kappa shape index (κ2) is 5.57. The number of aromatic nitrogens is 2. The molecule has 0 bridgehead atoms. The molecule has 0 N–H and O–H groups in total. The van der Waals surface area contributed by atoms with E-state index in [4.69, 9.17) is 21.1 Å². The minimum atomic E-state index is -0.248. The largest absolute Gasteiger partial charge is 0.454 e. The van der Waals surface area contributed by atoms with Crippen LogP contribution >= 0.6 is 11.6 Å². The Balaban J connectivity index is 1.74. The first kappa shape index (κ1) is 13.6. The monoisotopic (exact) mass is 305 g/mol. The van der Waals surface area contributed by atoms with Gasteiger partial charge in [-0.15, -0.1) is 0 Å². The Morgan fingerprint density at radius 3 is 2.95 bits per heavy atom. The quantitative estimate of drug-likeness (QED) is 0.869. The van der Waals surface area contributed by atoms with Crippen LogP contribution in [-0.4, -0.2) is 34.6 Å². The number of hydrogen-bond acceptors (Lipinski definition) is 5. The summed E-state index contributed by atoms with van der Waals surface area (Å²) in [7, 11) is 1.69. The summed E-state index contributed by atoms with van der Waals surface area (Å²) in [5, 5.41) is 0.192. The molecule has 0 atom stereocenters. The van der Waals surface area contributed by atoms with E-state index in [1.807, 2.05) is 18.2 Å². The Bertz CT molecular complexity index is 693. The van der Waals surface area contributed by atoms with E-state index in [9.17, 15) is 4.79 Å². The number of benzene rings is 1. The third-order valence-corrected chi connectivity index (χ3v) is 3.21. The summed E-state index contributed by atoms with van der Waals surface area (Å²) in [6.45, 7) is 0.648. The Kier molecular flexibility index (Phi) is 3.62. The van der Waals surface area contributed by atoms with Crippen LogP contribution in [0.25, 0.3) is 0 Å². The molecule has 0 radical (unpaired) electrons. The number of carbonyl (C=O) groups excluding carboxylic acids is 1. The first-order chi connectivity index (χ1) is 10.1. The van der Waals surface area contributed by atoms with E-state index in [1.54, 1.807) is 7.05 Å². The lowest BCUT2D eigenvalue weighted by atomic mass is 10.2. The molecule has 6 nitrogen and oxygen atoms in total. The van der Waals surface area contributed by atoms with Crippen molar-refractivity contribution in [3.05, 3.63) is 47.0 Å². The second-order valence-corrected chi connectivity index (χ2v) is 4.96. The molecule has 0 saturated heterocycles. The third-order valence-electron chi connectivity index (χ3n) is 3.03. The predicted octanol–water partition coefficient (Wildman–Crippen LogP) is 2.13. The lowest BCUT2D eigenvalue weighted by molar-refractivity contribution is 0.0778. The fraction of sp³-hybridized carbons (Fsp3) is 0.214. The second-order valence-electron chi connectivity index (χ2n) is 4.58. The topological polar surface area (TPSA) is 64.6 Å². The van der Waals surface area contributed by atoms with Crippen molar-refractivity contribution < 1.29 is 14.3 Å². The standard InChI is InChI=1S/C14H12ClN3O3/c1-18(14(19)10-5-16-6-13(15)17-10)7-9-2-3-11-12(4-9)21-8-20-11/h2-6H,7-8H2,1H3. The number of halogens is 1.